The van der Waals surface area contributed by atoms with E-state index >= 15 is 0 Å². The van der Waals surface area contributed by atoms with Crippen molar-refractivity contribution in [2.75, 3.05) is 0 Å². The maximum atomic E-state index is 4.04. The molecule has 1 aromatic rings. The van der Waals surface area contributed by atoms with E-state index in [1.807, 2.05) is 11.7 Å². The highest BCUT2D eigenvalue weighted by atomic mass is 32.1. The molecule has 0 saturated carbocycles. The summed E-state index contributed by atoms with van der Waals surface area (Å²) >= 11 is 1.76. The Labute approximate surface area is 66.1 Å². The Morgan fingerprint density at radius 3 is 3.00 bits per heavy atom. The summed E-state index contributed by atoms with van der Waals surface area (Å²) in [5.41, 5.74) is 1.90. The molecule has 0 radical (unpaired) electrons. The highest BCUT2D eigenvalue weighted by Gasteiger charge is 2.04. The molecule has 1 rings (SSSR count). The van der Waals surface area contributed by atoms with Gasteiger partial charge in [0, 0.05) is 11.1 Å². The van der Waals surface area contributed by atoms with Crippen molar-refractivity contribution < 1.29 is 0 Å². The van der Waals surface area contributed by atoms with Gasteiger partial charge in [-0.15, -0.1) is 11.3 Å². The maximum Gasteiger partial charge on any atom is 0.0794 e. The highest BCUT2D eigenvalue weighted by molar-refractivity contribution is 7.09. The first-order valence-electron chi connectivity index (χ1n) is 3.73. The van der Waals surface area contributed by atoms with Gasteiger partial charge in [-0.3, -0.25) is 4.98 Å². The Morgan fingerprint density at radius 1 is 1.70 bits per heavy atom. The number of hydrogen-bond donors (Lipinski definition) is 0. The molecule has 0 aromatic carbocycles. The smallest absolute Gasteiger partial charge is 0.0794 e. The first-order valence-corrected chi connectivity index (χ1v) is 4.61. The average Bonchev–Trinajstić information content (AvgIpc) is 2.38. The van der Waals surface area contributed by atoms with Gasteiger partial charge in [0.15, 0.2) is 0 Å². The first kappa shape index (κ1) is 7.73. The quantitative estimate of drug-likeness (QED) is 0.653. The van der Waals surface area contributed by atoms with Crippen LogP contribution >= 0.6 is 11.3 Å². The highest BCUT2D eigenvalue weighted by Crippen LogP contribution is 2.22. The van der Waals surface area contributed by atoms with E-state index < -0.39 is 0 Å². The van der Waals surface area contributed by atoms with Crippen LogP contribution in [0.25, 0.3) is 0 Å². The van der Waals surface area contributed by atoms with Crippen molar-refractivity contribution in [2.45, 2.75) is 32.6 Å². The summed E-state index contributed by atoms with van der Waals surface area (Å²) in [6, 6.07) is 0. The maximum absolute atomic E-state index is 4.04. The molecule has 1 aromatic heterocycles. The van der Waals surface area contributed by atoms with Crippen LogP contribution in [0.15, 0.2) is 11.7 Å². The van der Waals surface area contributed by atoms with Gasteiger partial charge in [-0.25, -0.2) is 0 Å². The summed E-state index contributed by atoms with van der Waals surface area (Å²) in [5.74, 6) is 0.706. The lowest BCUT2D eigenvalue weighted by molar-refractivity contribution is 0.674. The van der Waals surface area contributed by atoms with Crippen molar-refractivity contribution in [2.24, 2.45) is 0 Å². The van der Waals surface area contributed by atoms with E-state index in [0.717, 1.165) is 0 Å². The van der Waals surface area contributed by atoms with Gasteiger partial charge in [-0.05, 0) is 12.3 Å². The zero-order chi connectivity index (χ0) is 7.40. The van der Waals surface area contributed by atoms with E-state index in [9.17, 15) is 0 Å². The standard InChI is InChI=1S/C8H13NS/c1-3-4-7(2)8-5-9-6-10-8/h5-7H,3-4H2,1-2H3. The van der Waals surface area contributed by atoms with Gasteiger partial charge in [-0.2, -0.15) is 0 Å². The minimum atomic E-state index is 0.706. The molecule has 0 N–H and O–H groups in total. The normalized spacial score (nSPS) is 13.4. The monoisotopic (exact) mass is 155 g/mol. The van der Waals surface area contributed by atoms with Crippen molar-refractivity contribution in [3.05, 3.63) is 16.6 Å². The second kappa shape index (κ2) is 3.71. The van der Waals surface area contributed by atoms with Crippen LogP contribution in [0.5, 0.6) is 0 Å². The molecule has 1 atom stereocenters. The van der Waals surface area contributed by atoms with Crippen molar-refractivity contribution >= 4 is 11.3 Å². The van der Waals surface area contributed by atoms with Gasteiger partial charge < -0.3 is 0 Å². The zero-order valence-corrected chi connectivity index (χ0v) is 7.32. The molecule has 0 fully saturated rings. The van der Waals surface area contributed by atoms with Crippen LogP contribution in [0.1, 0.15) is 37.5 Å². The van der Waals surface area contributed by atoms with Gasteiger partial charge in [0.05, 0.1) is 5.51 Å². The van der Waals surface area contributed by atoms with Crippen LogP contribution in [0.4, 0.5) is 0 Å². The predicted molar refractivity (Wildman–Crippen MR) is 45.4 cm³/mol. The molecule has 0 saturated heterocycles. The van der Waals surface area contributed by atoms with Crippen LogP contribution < -0.4 is 0 Å². The summed E-state index contributed by atoms with van der Waals surface area (Å²) in [6.07, 6.45) is 4.52. The van der Waals surface area contributed by atoms with Gasteiger partial charge in [0.2, 0.25) is 0 Å². The molecule has 0 amide bonds. The minimum Gasteiger partial charge on any atom is -0.253 e. The topological polar surface area (TPSA) is 12.9 Å². The van der Waals surface area contributed by atoms with Crippen molar-refractivity contribution in [3.8, 4) is 0 Å². The van der Waals surface area contributed by atoms with Crippen LogP contribution in [-0.4, -0.2) is 4.98 Å². The van der Waals surface area contributed by atoms with E-state index in [1.54, 1.807) is 11.3 Å². The fourth-order valence-corrected chi connectivity index (χ4v) is 1.76. The Kier molecular flexibility index (Phi) is 2.87. The molecule has 2 heteroatoms. The third kappa shape index (κ3) is 1.81. The fourth-order valence-electron chi connectivity index (χ4n) is 1.04. The third-order valence-corrected chi connectivity index (χ3v) is 2.67. The van der Waals surface area contributed by atoms with Crippen LogP contribution in [0.3, 0.4) is 0 Å². The molecule has 56 valence electrons. The molecule has 0 spiro atoms. The van der Waals surface area contributed by atoms with E-state index in [0.29, 0.717) is 5.92 Å². The van der Waals surface area contributed by atoms with E-state index in [1.165, 1.54) is 17.7 Å². The predicted octanol–water partition coefficient (Wildman–Crippen LogP) is 3.05. The molecule has 0 bridgehead atoms. The second-order valence-electron chi connectivity index (χ2n) is 2.59. The van der Waals surface area contributed by atoms with E-state index in [2.05, 4.69) is 18.8 Å². The van der Waals surface area contributed by atoms with Gasteiger partial charge >= 0.3 is 0 Å². The van der Waals surface area contributed by atoms with Crippen LogP contribution in [-0.2, 0) is 0 Å². The van der Waals surface area contributed by atoms with E-state index in [-0.39, 0.29) is 0 Å². The molecule has 1 nitrogen and oxygen atoms in total. The van der Waals surface area contributed by atoms with Crippen molar-refractivity contribution in [1.82, 2.24) is 4.98 Å². The fraction of sp³-hybridized carbons (Fsp3) is 0.625. The van der Waals surface area contributed by atoms with Crippen LogP contribution in [0, 0.1) is 0 Å². The van der Waals surface area contributed by atoms with E-state index in [4.69, 9.17) is 0 Å². The lowest BCUT2D eigenvalue weighted by Gasteiger charge is -2.04. The van der Waals surface area contributed by atoms with Gasteiger partial charge in [-0.1, -0.05) is 20.3 Å². The third-order valence-electron chi connectivity index (χ3n) is 1.66. The Morgan fingerprint density at radius 2 is 2.50 bits per heavy atom. The van der Waals surface area contributed by atoms with Gasteiger partial charge in [0.1, 0.15) is 0 Å². The number of thiazole rings is 1. The summed E-state index contributed by atoms with van der Waals surface area (Å²) < 4.78 is 0. The molecule has 0 aliphatic rings. The number of hydrogen-bond acceptors (Lipinski definition) is 2. The van der Waals surface area contributed by atoms with Crippen LogP contribution in [0.2, 0.25) is 0 Å². The minimum absolute atomic E-state index is 0.706. The molecule has 1 heterocycles. The van der Waals surface area contributed by atoms with Gasteiger partial charge in [0.25, 0.3) is 0 Å². The Balaban J connectivity index is 2.50. The molecule has 0 aliphatic heterocycles. The summed E-state index contributed by atoms with van der Waals surface area (Å²) in [6.45, 7) is 4.48. The number of nitrogens with zero attached hydrogens (tertiary/aromatic N) is 1. The summed E-state index contributed by atoms with van der Waals surface area (Å²) in [5, 5.41) is 0. The summed E-state index contributed by atoms with van der Waals surface area (Å²) in [7, 11) is 0. The molecule has 0 aliphatic carbocycles. The SMILES string of the molecule is CCCC(C)c1cncs1. The number of aromatic nitrogens is 1. The average molecular weight is 155 g/mol. The molecule has 1 unspecified atom stereocenters. The zero-order valence-electron chi connectivity index (χ0n) is 6.50. The lowest BCUT2D eigenvalue weighted by atomic mass is 10.1. The molecular weight excluding hydrogens is 142 g/mol. The second-order valence-corrected chi connectivity index (χ2v) is 3.51. The lowest BCUT2D eigenvalue weighted by Crippen LogP contribution is -1.87. The Bertz CT molecular complexity index is 169. The van der Waals surface area contributed by atoms with Crippen molar-refractivity contribution in [1.29, 1.82) is 0 Å². The Hall–Kier alpha value is -0.370. The van der Waals surface area contributed by atoms with Crippen molar-refractivity contribution in [3.63, 3.8) is 0 Å². The first-order chi connectivity index (χ1) is 4.84. The molecular formula is C8H13NS. The largest absolute Gasteiger partial charge is 0.253 e. The molecule has 10 heavy (non-hydrogen) atoms. The number of rotatable bonds is 3. The summed E-state index contributed by atoms with van der Waals surface area (Å²) in [4.78, 5) is 5.46.